The van der Waals surface area contributed by atoms with Crippen LogP contribution >= 0.6 is 15.9 Å². The third kappa shape index (κ3) is 8.75. The Kier molecular flexibility index (Phi) is 11.6. The summed E-state index contributed by atoms with van der Waals surface area (Å²) >= 11 is 3.46. The van der Waals surface area contributed by atoms with Crippen molar-refractivity contribution in [2.75, 3.05) is 19.0 Å². The molecule has 0 amide bonds. The van der Waals surface area contributed by atoms with Gasteiger partial charge in [-0.05, 0) is 23.9 Å². The number of hydrogen-bond donors (Lipinski definition) is 0. The van der Waals surface area contributed by atoms with Gasteiger partial charge in [0.1, 0.15) is 5.92 Å². The summed E-state index contributed by atoms with van der Waals surface area (Å²) in [5.74, 6) is 0.260. The number of carbonyl (C=O) groups is 1. The van der Waals surface area contributed by atoms with Gasteiger partial charge < -0.3 is 14.0 Å². The first-order valence-electron chi connectivity index (χ1n) is 9.33. The maximum absolute atomic E-state index is 11.9. The van der Waals surface area contributed by atoms with Crippen LogP contribution in [0.5, 0.6) is 5.88 Å². The van der Waals surface area contributed by atoms with Gasteiger partial charge >= 0.3 is 5.97 Å². The molecule has 1 rings (SSSR count). The molecule has 0 saturated carbocycles. The summed E-state index contributed by atoms with van der Waals surface area (Å²) in [4.78, 5) is 11.9. The van der Waals surface area contributed by atoms with Gasteiger partial charge in [0.15, 0.2) is 5.76 Å². The van der Waals surface area contributed by atoms with Gasteiger partial charge in [-0.25, -0.2) is 0 Å². The van der Waals surface area contributed by atoms with E-state index in [0.29, 0.717) is 18.2 Å². The first-order valence-corrected chi connectivity index (χ1v) is 10.5. The Hall–Kier alpha value is -1.04. The molecule has 25 heavy (non-hydrogen) atoms. The molecule has 144 valence electrons. The second-order valence-corrected chi connectivity index (χ2v) is 7.47. The third-order valence-corrected chi connectivity index (χ3v) is 4.77. The monoisotopic (exact) mass is 417 g/mol. The topological polar surface area (TPSA) is 61.6 Å². The predicted octanol–water partition coefficient (Wildman–Crippen LogP) is 5.48. The minimum Gasteiger partial charge on any atom is -0.476 e. The molecule has 0 aliphatic heterocycles. The second kappa shape index (κ2) is 13.2. The molecular formula is C19H32BrNO4. The molecule has 0 aliphatic rings. The van der Waals surface area contributed by atoms with Crippen LogP contribution in [-0.4, -0.2) is 30.2 Å². The molecule has 0 spiro atoms. The first kappa shape index (κ1) is 22.0. The Morgan fingerprint density at radius 3 is 2.28 bits per heavy atom. The van der Waals surface area contributed by atoms with E-state index in [1.807, 2.05) is 13.8 Å². The number of aromatic nitrogens is 1. The second-order valence-electron chi connectivity index (χ2n) is 6.68. The Labute approximate surface area is 159 Å². The highest BCUT2D eigenvalue weighted by atomic mass is 79.9. The number of carbonyl (C=O) groups excluding carboxylic acids is 1. The van der Waals surface area contributed by atoms with Crippen LogP contribution in [-0.2, 0) is 9.53 Å². The van der Waals surface area contributed by atoms with Crippen molar-refractivity contribution in [2.45, 2.75) is 71.1 Å². The maximum atomic E-state index is 11.9. The number of esters is 1. The van der Waals surface area contributed by atoms with E-state index in [-0.39, 0.29) is 11.9 Å². The van der Waals surface area contributed by atoms with E-state index in [4.69, 9.17) is 14.0 Å². The van der Waals surface area contributed by atoms with Crippen LogP contribution in [0.3, 0.4) is 0 Å². The molecule has 0 aromatic carbocycles. The quantitative estimate of drug-likeness (QED) is 0.227. The number of methoxy groups -OCH3 is 1. The minimum atomic E-state index is -0.445. The van der Waals surface area contributed by atoms with Crippen molar-refractivity contribution >= 4 is 21.9 Å². The van der Waals surface area contributed by atoms with Gasteiger partial charge in [0.05, 0.1) is 13.7 Å². The maximum Gasteiger partial charge on any atom is 0.316 e. The van der Waals surface area contributed by atoms with Crippen molar-refractivity contribution in [3.63, 3.8) is 0 Å². The number of rotatable bonds is 14. The normalized spacial score (nSPS) is 12.4. The van der Waals surface area contributed by atoms with E-state index >= 15 is 0 Å². The number of unbranched alkanes of at least 4 members (excludes halogenated alkanes) is 7. The molecular weight excluding hydrogens is 386 g/mol. The van der Waals surface area contributed by atoms with Crippen LogP contribution in [0.4, 0.5) is 0 Å². The minimum absolute atomic E-state index is 0.0720. The van der Waals surface area contributed by atoms with Crippen molar-refractivity contribution in [3.05, 3.63) is 11.8 Å². The average Bonchev–Trinajstić information content (AvgIpc) is 3.04. The highest BCUT2D eigenvalue weighted by Gasteiger charge is 2.29. The van der Waals surface area contributed by atoms with Crippen LogP contribution in [0.2, 0.25) is 0 Å². The molecule has 0 saturated heterocycles. The van der Waals surface area contributed by atoms with Crippen molar-refractivity contribution < 1.29 is 18.8 Å². The lowest BCUT2D eigenvalue weighted by Gasteiger charge is -2.14. The van der Waals surface area contributed by atoms with Gasteiger partial charge in [-0.1, -0.05) is 68.3 Å². The number of nitrogens with zero attached hydrogens (tertiary/aromatic N) is 1. The van der Waals surface area contributed by atoms with Crippen molar-refractivity contribution in [2.24, 2.45) is 5.92 Å². The van der Waals surface area contributed by atoms with Crippen molar-refractivity contribution in [3.8, 4) is 5.88 Å². The van der Waals surface area contributed by atoms with Crippen LogP contribution in [0.15, 0.2) is 10.6 Å². The molecule has 6 heteroatoms. The van der Waals surface area contributed by atoms with E-state index < -0.39 is 5.92 Å². The van der Waals surface area contributed by atoms with Crippen LogP contribution in [0.1, 0.15) is 76.9 Å². The van der Waals surface area contributed by atoms with E-state index in [2.05, 4.69) is 21.1 Å². The summed E-state index contributed by atoms with van der Waals surface area (Å²) in [6.45, 7) is 4.52. The van der Waals surface area contributed by atoms with E-state index in [0.717, 1.165) is 11.8 Å². The van der Waals surface area contributed by atoms with Gasteiger partial charge in [-0.2, -0.15) is 0 Å². The molecule has 0 N–H and O–H groups in total. The van der Waals surface area contributed by atoms with Crippen molar-refractivity contribution in [1.29, 1.82) is 0 Å². The molecule has 0 fully saturated rings. The van der Waals surface area contributed by atoms with Gasteiger partial charge in [0.2, 0.25) is 0 Å². The lowest BCUT2D eigenvalue weighted by molar-refractivity contribution is -0.144. The Balaban J connectivity index is 2.20. The molecule has 0 bridgehead atoms. The molecule has 1 heterocycles. The number of ether oxygens (including phenoxy) is 2. The van der Waals surface area contributed by atoms with E-state index in [9.17, 15) is 4.79 Å². The summed E-state index contributed by atoms with van der Waals surface area (Å²) < 4.78 is 15.7. The lowest BCUT2D eigenvalue weighted by Crippen LogP contribution is -2.19. The fourth-order valence-electron chi connectivity index (χ4n) is 2.76. The van der Waals surface area contributed by atoms with Gasteiger partial charge in [0, 0.05) is 11.4 Å². The first-order chi connectivity index (χ1) is 12.1. The molecule has 1 unspecified atom stereocenters. The average molecular weight is 418 g/mol. The highest BCUT2D eigenvalue weighted by molar-refractivity contribution is 9.09. The highest BCUT2D eigenvalue weighted by Crippen LogP contribution is 2.28. The standard InChI is InChI=1S/C19H32BrNO4/c1-15(2)18(19(22)23-3)16-14-17(21-25-16)24-13-11-9-7-5-4-6-8-10-12-20/h14-15,18H,4-13H2,1-3H3. The molecule has 0 radical (unpaired) electrons. The number of hydrogen-bond acceptors (Lipinski definition) is 5. The molecule has 1 aromatic heterocycles. The molecule has 1 aromatic rings. The fourth-order valence-corrected chi connectivity index (χ4v) is 3.16. The fraction of sp³-hybridized carbons (Fsp3) is 0.789. The van der Waals surface area contributed by atoms with Crippen LogP contribution in [0.25, 0.3) is 0 Å². The van der Waals surface area contributed by atoms with Crippen LogP contribution < -0.4 is 4.74 Å². The van der Waals surface area contributed by atoms with Gasteiger partial charge in [-0.15, -0.1) is 0 Å². The lowest BCUT2D eigenvalue weighted by atomic mass is 9.93. The van der Waals surface area contributed by atoms with Gasteiger partial charge in [-0.3, -0.25) is 4.79 Å². The zero-order valence-corrected chi connectivity index (χ0v) is 17.3. The Morgan fingerprint density at radius 1 is 1.12 bits per heavy atom. The Morgan fingerprint density at radius 2 is 1.72 bits per heavy atom. The summed E-state index contributed by atoms with van der Waals surface area (Å²) in [5, 5.41) is 5.02. The third-order valence-electron chi connectivity index (χ3n) is 4.21. The summed E-state index contributed by atoms with van der Waals surface area (Å²) in [6.07, 6.45) is 9.98. The smallest absolute Gasteiger partial charge is 0.316 e. The number of halogens is 1. The van der Waals surface area contributed by atoms with E-state index in [1.165, 1.54) is 52.1 Å². The molecule has 1 atom stereocenters. The summed E-state index contributed by atoms with van der Waals surface area (Å²) in [6, 6.07) is 1.70. The Bertz CT molecular complexity index is 476. The zero-order chi connectivity index (χ0) is 18.5. The SMILES string of the molecule is COC(=O)C(c1cc(OCCCCCCCCCCBr)no1)C(C)C. The number of alkyl halides is 1. The summed E-state index contributed by atoms with van der Waals surface area (Å²) in [5.41, 5.74) is 0. The molecule has 0 aliphatic carbocycles. The zero-order valence-electron chi connectivity index (χ0n) is 15.8. The van der Waals surface area contributed by atoms with Gasteiger partial charge in [0.25, 0.3) is 5.88 Å². The largest absolute Gasteiger partial charge is 0.476 e. The molecule has 5 nitrogen and oxygen atoms in total. The predicted molar refractivity (Wildman–Crippen MR) is 102 cm³/mol. The van der Waals surface area contributed by atoms with Crippen molar-refractivity contribution in [1.82, 2.24) is 5.16 Å². The summed E-state index contributed by atoms with van der Waals surface area (Å²) in [7, 11) is 1.38. The van der Waals surface area contributed by atoms with E-state index in [1.54, 1.807) is 6.07 Å². The van der Waals surface area contributed by atoms with Crippen LogP contribution in [0, 0.1) is 5.92 Å².